The van der Waals surface area contributed by atoms with Crippen LogP contribution in [0.2, 0.25) is 0 Å². The molecule has 124 valence electrons. The maximum atomic E-state index is 4.62. The molecule has 0 bridgehead atoms. The zero-order chi connectivity index (χ0) is 16.6. The highest BCUT2D eigenvalue weighted by molar-refractivity contribution is 7.07. The number of guanidine groups is 1. The molecule has 0 amide bonds. The van der Waals surface area contributed by atoms with Gasteiger partial charge in [0.25, 0.3) is 0 Å². The topological polar surface area (TPSA) is 54.2 Å². The van der Waals surface area contributed by atoms with Crippen molar-refractivity contribution in [3.8, 4) is 5.69 Å². The molecule has 3 rings (SSSR count). The maximum absolute atomic E-state index is 4.62. The molecule has 0 radical (unpaired) electrons. The van der Waals surface area contributed by atoms with E-state index in [9.17, 15) is 0 Å². The van der Waals surface area contributed by atoms with Crippen molar-refractivity contribution in [1.82, 2.24) is 20.4 Å². The summed E-state index contributed by atoms with van der Waals surface area (Å²) in [7, 11) is 0. The van der Waals surface area contributed by atoms with Crippen LogP contribution in [0.1, 0.15) is 18.1 Å². The maximum Gasteiger partial charge on any atom is 0.191 e. The Morgan fingerprint density at radius 2 is 2.04 bits per heavy atom. The van der Waals surface area contributed by atoms with E-state index in [2.05, 4.69) is 68.7 Å². The van der Waals surface area contributed by atoms with Crippen molar-refractivity contribution in [3.05, 3.63) is 70.7 Å². The molecule has 0 saturated carbocycles. The van der Waals surface area contributed by atoms with E-state index in [1.807, 2.05) is 16.9 Å². The lowest BCUT2D eigenvalue weighted by Crippen LogP contribution is -2.36. The van der Waals surface area contributed by atoms with Gasteiger partial charge >= 0.3 is 0 Å². The van der Waals surface area contributed by atoms with Crippen molar-refractivity contribution < 1.29 is 0 Å². The van der Waals surface area contributed by atoms with Crippen molar-refractivity contribution in [3.63, 3.8) is 0 Å². The molecule has 0 fully saturated rings. The average molecular weight is 339 g/mol. The summed E-state index contributed by atoms with van der Waals surface area (Å²) in [6, 6.07) is 12.4. The van der Waals surface area contributed by atoms with Crippen LogP contribution in [0.25, 0.3) is 5.69 Å². The largest absolute Gasteiger partial charge is 0.357 e. The van der Waals surface area contributed by atoms with Gasteiger partial charge in [-0.15, -0.1) is 0 Å². The van der Waals surface area contributed by atoms with Gasteiger partial charge in [0.1, 0.15) is 0 Å². The van der Waals surface area contributed by atoms with Gasteiger partial charge < -0.3 is 10.6 Å². The van der Waals surface area contributed by atoms with Crippen LogP contribution in [-0.2, 0) is 13.1 Å². The van der Waals surface area contributed by atoms with Crippen molar-refractivity contribution in [2.24, 2.45) is 4.99 Å². The molecule has 24 heavy (non-hydrogen) atoms. The van der Waals surface area contributed by atoms with Crippen LogP contribution >= 0.6 is 11.3 Å². The highest BCUT2D eigenvalue weighted by Crippen LogP contribution is 2.09. The highest BCUT2D eigenvalue weighted by Gasteiger charge is 2.00. The first-order valence-corrected chi connectivity index (χ1v) is 8.91. The van der Waals surface area contributed by atoms with Gasteiger partial charge in [0.2, 0.25) is 0 Å². The Bertz CT molecular complexity index is 745. The number of hydrogen-bond acceptors (Lipinski definition) is 3. The van der Waals surface area contributed by atoms with E-state index in [-0.39, 0.29) is 0 Å². The third kappa shape index (κ3) is 4.45. The third-order valence-electron chi connectivity index (χ3n) is 3.51. The number of benzene rings is 1. The lowest BCUT2D eigenvalue weighted by atomic mass is 10.2. The van der Waals surface area contributed by atoms with Gasteiger partial charge in [-0.3, -0.25) is 0 Å². The lowest BCUT2D eigenvalue weighted by molar-refractivity contribution is 0.815. The Morgan fingerprint density at radius 1 is 1.17 bits per heavy atom. The summed E-state index contributed by atoms with van der Waals surface area (Å²) in [5.41, 5.74) is 3.50. The second-order valence-electron chi connectivity index (χ2n) is 5.30. The smallest absolute Gasteiger partial charge is 0.191 e. The first-order valence-electron chi connectivity index (χ1n) is 7.97. The van der Waals surface area contributed by atoms with E-state index >= 15 is 0 Å². The van der Waals surface area contributed by atoms with Gasteiger partial charge in [-0.1, -0.05) is 12.1 Å². The summed E-state index contributed by atoms with van der Waals surface area (Å²) < 4.78 is 1.85. The number of rotatable bonds is 6. The Morgan fingerprint density at radius 3 is 2.71 bits per heavy atom. The fourth-order valence-corrected chi connectivity index (χ4v) is 2.93. The molecule has 2 N–H and O–H groups in total. The normalized spacial score (nSPS) is 11.5. The minimum atomic E-state index is 0.692. The summed E-state index contributed by atoms with van der Waals surface area (Å²) in [4.78, 5) is 4.62. The predicted molar refractivity (Wildman–Crippen MR) is 99.5 cm³/mol. The van der Waals surface area contributed by atoms with Crippen LogP contribution in [0, 0.1) is 0 Å². The van der Waals surface area contributed by atoms with Crippen molar-refractivity contribution in [1.29, 1.82) is 0 Å². The Labute approximate surface area is 146 Å². The summed E-state index contributed by atoms with van der Waals surface area (Å²) in [5.74, 6) is 0.833. The highest BCUT2D eigenvalue weighted by atomic mass is 32.1. The molecule has 0 atom stereocenters. The van der Waals surface area contributed by atoms with E-state index in [1.54, 1.807) is 17.5 Å². The summed E-state index contributed by atoms with van der Waals surface area (Å²) >= 11 is 1.70. The molecule has 0 spiro atoms. The van der Waals surface area contributed by atoms with Crippen LogP contribution in [0.3, 0.4) is 0 Å². The molecule has 2 aromatic heterocycles. The minimum Gasteiger partial charge on any atom is -0.357 e. The predicted octanol–water partition coefficient (Wildman–Crippen LogP) is 3.19. The molecule has 0 saturated heterocycles. The summed E-state index contributed by atoms with van der Waals surface area (Å²) in [6.45, 7) is 4.33. The van der Waals surface area contributed by atoms with E-state index in [1.165, 1.54) is 11.1 Å². The molecule has 6 heteroatoms. The molecule has 5 nitrogen and oxygen atoms in total. The molecular weight excluding hydrogens is 318 g/mol. The Hall–Kier alpha value is -2.60. The third-order valence-corrected chi connectivity index (χ3v) is 4.24. The molecule has 1 aromatic carbocycles. The zero-order valence-corrected chi connectivity index (χ0v) is 14.5. The van der Waals surface area contributed by atoms with Gasteiger partial charge in [0, 0.05) is 25.5 Å². The van der Waals surface area contributed by atoms with Crippen LogP contribution in [0.5, 0.6) is 0 Å². The van der Waals surface area contributed by atoms with E-state index < -0.39 is 0 Å². The quantitative estimate of drug-likeness (QED) is 0.536. The summed E-state index contributed by atoms with van der Waals surface area (Å²) in [5, 5.41) is 15.1. The molecule has 0 unspecified atom stereocenters. The van der Waals surface area contributed by atoms with Crippen molar-refractivity contribution in [2.45, 2.75) is 20.0 Å². The summed E-state index contributed by atoms with van der Waals surface area (Å²) in [6.07, 6.45) is 3.72. The SMILES string of the molecule is CCNC(=NCc1ccsc1)NCc1ccc(-n2cccn2)cc1. The standard InChI is InChI=1S/C18H21N5S/c1-2-19-18(21-13-16-8-11-24-14-16)20-12-15-4-6-17(7-5-15)23-10-3-9-22-23/h3-11,14H,2,12-13H2,1H3,(H2,19,20,21). The van der Waals surface area contributed by atoms with Gasteiger partial charge in [0.15, 0.2) is 5.96 Å². The first kappa shape index (κ1) is 16.3. The average Bonchev–Trinajstić information content (AvgIpc) is 3.31. The van der Waals surface area contributed by atoms with Gasteiger partial charge in [-0.05, 0) is 53.1 Å². The molecule has 0 aliphatic rings. The van der Waals surface area contributed by atoms with Gasteiger partial charge in [-0.2, -0.15) is 16.4 Å². The Kier molecular flexibility index (Phi) is 5.63. The minimum absolute atomic E-state index is 0.692. The van der Waals surface area contributed by atoms with Gasteiger partial charge in [-0.25, -0.2) is 9.67 Å². The van der Waals surface area contributed by atoms with Gasteiger partial charge in [0.05, 0.1) is 12.2 Å². The number of thiophene rings is 1. The first-order chi connectivity index (χ1) is 11.8. The molecule has 3 aromatic rings. The number of hydrogen-bond donors (Lipinski definition) is 2. The van der Waals surface area contributed by atoms with E-state index in [4.69, 9.17) is 0 Å². The monoisotopic (exact) mass is 339 g/mol. The number of nitrogens with zero attached hydrogens (tertiary/aromatic N) is 3. The zero-order valence-electron chi connectivity index (χ0n) is 13.6. The van der Waals surface area contributed by atoms with Crippen LogP contribution in [-0.4, -0.2) is 22.3 Å². The molecule has 0 aliphatic heterocycles. The van der Waals surface area contributed by atoms with Crippen molar-refractivity contribution >= 4 is 17.3 Å². The fourth-order valence-electron chi connectivity index (χ4n) is 2.27. The van der Waals surface area contributed by atoms with Crippen LogP contribution < -0.4 is 10.6 Å². The molecular formula is C18H21N5S. The van der Waals surface area contributed by atoms with E-state index in [0.717, 1.165) is 24.7 Å². The Balaban J connectivity index is 1.58. The van der Waals surface area contributed by atoms with E-state index in [0.29, 0.717) is 6.54 Å². The number of aliphatic imine (C=N–C) groups is 1. The lowest BCUT2D eigenvalue weighted by Gasteiger charge is -2.11. The fraction of sp³-hybridized carbons (Fsp3) is 0.222. The molecule has 0 aliphatic carbocycles. The van der Waals surface area contributed by atoms with Crippen LogP contribution in [0.15, 0.2) is 64.5 Å². The molecule has 2 heterocycles. The second kappa shape index (κ2) is 8.31. The number of nitrogens with one attached hydrogen (secondary N) is 2. The van der Waals surface area contributed by atoms with Crippen LogP contribution in [0.4, 0.5) is 0 Å². The van der Waals surface area contributed by atoms with Crippen molar-refractivity contribution in [2.75, 3.05) is 6.54 Å². The number of aromatic nitrogens is 2. The second-order valence-corrected chi connectivity index (χ2v) is 6.08.